The zero-order chi connectivity index (χ0) is 45.0. The lowest BCUT2D eigenvalue weighted by Crippen LogP contribution is -2.46. The summed E-state index contributed by atoms with van der Waals surface area (Å²) in [5.41, 5.74) is 0. The van der Waals surface area contributed by atoms with Crippen LogP contribution in [0.25, 0.3) is 0 Å². The van der Waals surface area contributed by atoms with Crippen LogP contribution in [0.2, 0.25) is 0 Å². The fourth-order valence-corrected chi connectivity index (χ4v) is 9.08. The molecule has 0 spiro atoms. The van der Waals surface area contributed by atoms with Crippen LogP contribution in [-0.4, -0.2) is 73.4 Å². The molecule has 3 unspecified atom stereocenters. The monoisotopic (exact) mass is 888 g/mol. The van der Waals surface area contributed by atoms with E-state index in [0.717, 1.165) is 38.5 Å². The Hall–Kier alpha value is -0.500. The Bertz CT molecular complexity index is 963. The molecule has 9 heteroatoms. The van der Waals surface area contributed by atoms with Gasteiger partial charge in [0.25, 0.3) is 0 Å². The third-order valence-corrected chi connectivity index (χ3v) is 13.6. The molecule has 0 rings (SSSR count). The highest BCUT2D eigenvalue weighted by Gasteiger charge is 2.28. The van der Waals surface area contributed by atoms with Gasteiger partial charge in [0, 0.05) is 6.42 Å². The second kappa shape index (κ2) is 44.7. The number of rotatable bonds is 50. The Kier molecular flexibility index (Phi) is 44.3. The molecule has 0 aromatic carbocycles. The van der Waals surface area contributed by atoms with E-state index in [9.17, 15) is 19.4 Å². The average Bonchev–Trinajstić information content (AvgIpc) is 3.21. The molecule has 61 heavy (non-hydrogen) atoms. The number of nitrogens with zero attached hydrogens (tertiary/aromatic N) is 1. The van der Waals surface area contributed by atoms with Gasteiger partial charge in [-0.05, 0) is 12.8 Å². The summed E-state index contributed by atoms with van der Waals surface area (Å²) in [6.45, 7) is 4.92. The van der Waals surface area contributed by atoms with E-state index in [1.807, 2.05) is 21.1 Å². The lowest BCUT2D eigenvalue weighted by molar-refractivity contribution is -0.870. The summed E-state index contributed by atoms with van der Waals surface area (Å²) >= 11 is 0. The Morgan fingerprint density at radius 3 is 1.10 bits per heavy atom. The maximum Gasteiger partial charge on any atom is 0.472 e. The highest BCUT2D eigenvalue weighted by molar-refractivity contribution is 7.47. The SMILES string of the molecule is CCCCCCCCCCCCCCCCCCCCCCCCCCCCCC(O)C(COP(=O)(O)OCC[N+](C)(C)C)NC(=O)CCCCCCCCCCCCCC. The van der Waals surface area contributed by atoms with E-state index in [-0.39, 0.29) is 19.1 Å². The lowest BCUT2D eigenvalue weighted by atomic mass is 10.0. The number of amides is 1. The minimum atomic E-state index is -4.31. The van der Waals surface area contributed by atoms with Gasteiger partial charge in [-0.3, -0.25) is 13.8 Å². The number of hydrogen-bond acceptors (Lipinski definition) is 5. The molecule has 3 atom stereocenters. The summed E-state index contributed by atoms with van der Waals surface area (Å²) in [4.78, 5) is 23.2. The highest BCUT2D eigenvalue weighted by Crippen LogP contribution is 2.43. The number of phosphoric ester groups is 1. The van der Waals surface area contributed by atoms with Crippen LogP contribution >= 0.6 is 7.82 Å². The number of likely N-dealkylation sites (N-methyl/N-ethyl adjacent to an activating group) is 1. The van der Waals surface area contributed by atoms with E-state index in [1.54, 1.807) is 0 Å². The third-order valence-electron chi connectivity index (χ3n) is 12.6. The molecule has 0 saturated carbocycles. The average molecular weight is 888 g/mol. The van der Waals surface area contributed by atoms with Crippen LogP contribution in [0.15, 0.2) is 0 Å². The number of quaternary nitrogens is 1. The summed E-state index contributed by atoms with van der Waals surface area (Å²) in [6, 6.07) is -0.753. The van der Waals surface area contributed by atoms with Crippen molar-refractivity contribution in [3.05, 3.63) is 0 Å². The van der Waals surface area contributed by atoms with Gasteiger partial charge in [-0.15, -0.1) is 0 Å². The van der Waals surface area contributed by atoms with Gasteiger partial charge in [0.05, 0.1) is 39.9 Å². The smallest absolute Gasteiger partial charge is 0.391 e. The summed E-state index contributed by atoms with van der Waals surface area (Å²) in [7, 11) is 1.63. The normalized spacial score (nSPS) is 14.0. The van der Waals surface area contributed by atoms with E-state index in [4.69, 9.17) is 9.05 Å². The maximum absolute atomic E-state index is 12.9. The Labute approximate surface area is 380 Å². The standard InChI is InChI=1S/C52H107N2O6P/c1-6-8-10-12-14-16-18-20-21-22-23-24-25-26-27-28-29-30-31-32-33-34-35-37-39-41-43-45-51(55)50(49-60-61(57,58)59-48-47-54(3,4)5)53-52(56)46-44-42-40-38-36-19-17-15-13-11-9-7-2/h50-51,55H,6-49H2,1-5H3,(H-,53,56,57,58)/p+1. The molecule has 0 bridgehead atoms. The molecule has 0 saturated heterocycles. The maximum atomic E-state index is 12.9. The molecule has 0 aromatic heterocycles. The van der Waals surface area contributed by atoms with E-state index < -0.39 is 20.0 Å². The van der Waals surface area contributed by atoms with Crippen molar-refractivity contribution < 1.29 is 32.9 Å². The molecular formula is C52H108N2O6P+. The number of nitrogens with one attached hydrogen (secondary N) is 1. The van der Waals surface area contributed by atoms with Gasteiger partial charge in [0.15, 0.2) is 0 Å². The van der Waals surface area contributed by atoms with Crippen molar-refractivity contribution in [2.45, 2.75) is 289 Å². The molecule has 366 valence electrons. The summed E-state index contributed by atoms with van der Waals surface area (Å²) in [5, 5.41) is 14.0. The molecule has 0 aromatic rings. The number of aliphatic hydroxyl groups is 1. The largest absolute Gasteiger partial charge is 0.472 e. The van der Waals surface area contributed by atoms with Gasteiger partial charge >= 0.3 is 7.82 Å². The topological polar surface area (TPSA) is 105 Å². The minimum Gasteiger partial charge on any atom is -0.391 e. The first-order chi connectivity index (χ1) is 29.5. The number of aliphatic hydroxyl groups excluding tert-OH is 1. The van der Waals surface area contributed by atoms with E-state index in [1.165, 1.54) is 212 Å². The zero-order valence-electron chi connectivity index (χ0n) is 41.7. The van der Waals surface area contributed by atoms with Gasteiger partial charge in [-0.2, -0.15) is 0 Å². The first-order valence-corrected chi connectivity index (χ1v) is 28.4. The van der Waals surface area contributed by atoms with Crippen LogP contribution in [0.1, 0.15) is 277 Å². The predicted octanol–water partition coefficient (Wildman–Crippen LogP) is 15.7. The lowest BCUT2D eigenvalue weighted by Gasteiger charge is -2.26. The van der Waals surface area contributed by atoms with Gasteiger partial charge in [-0.25, -0.2) is 4.57 Å². The number of hydrogen-bond donors (Lipinski definition) is 3. The van der Waals surface area contributed by atoms with Crippen molar-refractivity contribution >= 4 is 13.7 Å². The Morgan fingerprint density at radius 2 is 0.787 bits per heavy atom. The zero-order valence-corrected chi connectivity index (χ0v) is 42.6. The number of carbonyl (C=O) groups excluding carboxylic acids is 1. The van der Waals surface area contributed by atoms with E-state index in [2.05, 4.69) is 19.2 Å². The predicted molar refractivity (Wildman–Crippen MR) is 263 cm³/mol. The van der Waals surface area contributed by atoms with Crippen LogP contribution in [0.3, 0.4) is 0 Å². The van der Waals surface area contributed by atoms with Gasteiger partial charge in [0.2, 0.25) is 5.91 Å². The van der Waals surface area contributed by atoms with Crippen LogP contribution in [0, 0.1) is 0 Å². The first kappa shape index (κ1) is 60.5. The second-order valence-electron chi connectivity index (χ2n) is 20.0. The highest BCUT2D eigenvalue weighted by atomic mass is 31.2. The van der Waals surface area contributed by atoms with E-state index in [0.29, 0.717) is 23.9 Å². The van der Waals surface area contributed by atoms with Gasteiger partial charge < -0.3 is 19.8 Å². The van der Waals surface area contributed by atoms with Gasteiger partial charge in [-0.1, -0.05) is 258 Å². The fourth-order valence-electron chi connectivity index (χ4n) is 8.34. The molecule has 0 aliphatic heterocycles. The quantitative estimate of drug-likeness (QED) is 0.0319. The summed E-state index contributed by atoms with van der Waals surface area (Å²) in [6.07, 6.45) is 51.6. The van der Waals surface area contributed by atoms with Crippen LogP contribution in [0.4, 0.5) is 0 Å². The van der Waals surface area contributed by atoms with Crippen molar-refractivity contribution in [2.24, 2.45) is 0 Å². The van der Waals surface area contributed by atoms with Crippen molar-refractivity contribution in [3.63, 3.8) is 0 Å². The van der Waals surface area contributed by atoms with Crippen molar-refractivity contribution in [3.8, 4) is 0 Å². The van der Waals surface area contributed by atoms with E-state index >= 15 is 0 Å². The number of unbranched alkanes of at least 4 members (excludes halogenated alkanes) is 37. The molecule has 1 amide bonds. The Morgan fingerprint density at radius 1 is 0.492 bits per heavy atom. The van der Waals surface area contributed by atoms with Crippen LogP contribution in [0.5, 0.6) is 0 Å². The van der Waals surface area contributed by atoms with Crippen molar-refractivity contribution in [2.75, 3.05) is 40.9 Å². The molecule has 8 nitrogen and oxygen atoms in total. The molecule has 0 fully saturated rings. The molecule has 0 aliphatic carbocycles. The van der Waals surface area contributed by atoms with Gasteiger partial charge in [0.1, 0.15) is 13.2 Å². The van der Waals surface area contributed by atoms with Crippen molar-refractivity contribution in [1.29, 1.82) is 0 Å². The number of carbonyl (C=O) groups is 1. The minimum absolute atomic E-state index is 0.0788. The van der Waals surface area contributed by atoms with Crippen molar-refractivity contribution in [1.82, 2.24) is 5.32 Å². The molecular weight excluding hydrogens is 780 g/mol. The Balaban J connectivity index is 4.06. The second-order valence-corrected chi connectivity index (χ2v) is 21.4. The fraction of sp³-hybridized carbons (Fsp3) is 0.981. The molecule has 0 radical (unpaired) electrons. The molecule has 3 N–H and O–H groups in total. The molecule has 0 heterocycles. The summed E-state index contributed by atoms with van der Waals surface area (Å²) in [5.74, 6) is -0.140. The first-order valence-electron chi connectivity index (χ1n) is 26.9. The van der Waals surface area contributed by atoms with Crippen LogP contribution < -0.4 is 5.32 Å². The number of phosphoric acid groups is 1. The summed E-state index contributed by atoms with van der Waals surface area (Å²) < 4.78 is 23.7. The third kappa shape index (κ3) is 47.3. The van der Waals surface area contributed by atoms with Crippen LogP contribution in [-0.2, 0) is 18.4 Å². The molecule has 0 aliphatic rings.